The van der Waals surface area contributed by atoms with E-state index < -0.39 is 26.6 Å². The van der Waals surface area contributed by atoms with Crippen LogP contribution in [-0.4, -0.2) is 69.4 Å². The van der Waals surface area contributed by atoms with Crippen LogP contribution in [0, 0.1) is 0 Å². The zero-order valence-corrected chi connectivity index (χ0v) is 54.9. The van der Waals surface area contributed by atoms with Crippen LogP contribution < -0.4 is 10.2 Å². The first-order valence-corrected chi connectivity index (χ1v) is 35.7. The van der Waals surface area contributed by atoms with E-state index in [-0.39, 0.29) is 24.9 Å². The van der Waals surface area contributed by atoms with Crippen molar-refractivity contribution in [3.63, 3.8) is 0 Å². The summed E-state index contributed by atoms with van der Waals surface area (Å²) in [5, 5.41) is 3.04. The lowest BCUT2D eigenvalue weighted by Crippen LogP contribution is -2.47. The van der Waals surface area contributed by atoms with E-state index in [1.165, 1.54) is 193 Å². The first kappa shape index (κ1) is 78.5. The molecule has 3 unspecified atom stereocenters. The number of nitrogens with zero attached hydrogens (tertiary/aromatic N) is 1. The Morgan fingerprint density at radius 3 is 1.22 bits per heavy atom. The molecule has 10 heteroatoms. The summed E-state index contributed by atoms with van der Waals surface area (Å²) in [6, 6.07) is -0.896. The average molecular weight is 1160 g/mol. The first-order chi connectivity index (χ1) is 39.4. The van der Waals surface area contributed by atoms with Crippen LogP contribution in [0.2, 0.25) is 0 Å². The normalized spacial score (nSPS) is 14.0. The van der Waals surface area contributed by atoms with Gasteiger partial charge in [-0.25, -0.2) is 0 Å². The molecule has 0 aromatic heterocycles. The largest absolute Gasteiger partial charge is 0.756 e. The molecule has 0 spiro atoms. The number of esters is 1. The molecule has 472 valence electrons. The fraction of sp³-hybridized carbons (Fsp3) is 0.803. The number of allylic oxidation sites excluding steroid dienone is 11. The van der Waals surface area contributed by atoms with Gasteiger partial charge >= 0.3 is 5.97 Å². The van der Waals surface area contributed by atoms with Crippen molar-refractivity contribution in [2.24, 2.45) is 0 Å². The van der Waals surface area contributed by atoms with Crippen LogP contribution in [0.1, 0.15) is 316 Å². The molecule has 0 heterocycles. The number of amides is 1. The summed E-state index contributed by atoms with van der Waals surface area (Å²) in [6.45, 7) is 6.80. The highest BCUT2D eigenvalue weighted by Crippen LogP contribution is 2.38. The molecule has 1 N–H and O–H groups in total. The molecule has 3 atom stereocenters. The fourth-order valence-corrected chi connectivity index (χ4v) is 10.5. The van der Waals surface area contributed by atoms with Crippen LogP contribution in [0.5, 0.6) is 0 Å². The topological polar surface area (TPSA) is 114 Å². The van der Waals surface area contributed by atoms with E-state index in [1.54, 1.807) is 0 Å². The fourth-order valence-electron chi connectivity index (χ4n) is 9.82. The number of nitrogens with one attached hydrogen (secondary N) is 1. The third-order valence-electron chi connectivity index (χ3n) is 15.1. The minimum atomic E-state index is -4.71. The van der Waals surface area contributed by atoms with Crippen LogP contribution in [0.25, 0.3) is 0 Å². The molecule has 0 bridgehead atoms. The predicted octanol–water partition coefficient (Wildman–Crippen LogP) is 20.9. The minimum absolute atomic E-state index is 0.0255. The molecule has 0 aromatic rings. The van der Waals surface area contributed by atoms with E-state index >= 15 is 0 Å². The summed E-state index contributed by atoms with van der Waals surface area (Å²) < 4.78 is 30.4. The highest BCUT2D eigenvalue weighted by Gasteiger charge is 2.27. The highest BCUT2D eigenvalue weighted by atomic mass is 31.2. The lowest BCUT2D eigenvalue weighted by molar-refractivity contribution is -0.870. The number of rotatable bonds is 62. The van der Waals surface area contributed by atoms with Crippen molar-refractivity contribution in [2.75, 3.05) is 40.9 Å². The van der Waals surface area contributed by atoms with E-state index in [1.807, 2.05) is 33.3 Å². The maximum atomic E-state index is 13.6. The molecule has 0 fully saturated rings. The van der Waals surface area contributed by atoms with Gasteiger partial charge < -0.3 is 28.5 Å². The van der Waals surface area contributed by atoms with Gasteiger partial charge in [-0.15, -0.1) is 0 Å². The lowest BCUT2D eigenvalue weighted by Gasteiger charge is -2.30. The van der Waals surface area contributed by atoms with Crippen LogP contribution >= 0.6 is 7.82 Å². The number of hydrogen-bond acceptors (Lipinski definition) is 7. The molecule has 0 aliphatic rings. The third-order valence-corrected chi connectivity index (χ3v) is 16.1. The van der Waals surface area contributed by atoms with Crippen molar-refractivity contribution in [2.45, 2.75) is 328 Å². The summed E-state index contributed by atoms with van der Waals surface area (Å²) in [6.07, 6.45) is 78.7. The second-order valence-electron chi connectivity index (χ2n) is 24.4. The summed E-state index contributed by atoms with van der Waals surface area (Å²) in [5.41, 5.74) is 0. The van der Waals surface area contributed by atoms with E-state index in [0.29, 0.717) is 17.4 Å². The monoisotopic (exact) mass is 1150 g/mol. The first-order valence-electron chi connectivity index (χ1n) is 34.3. The maximum Gasteiger partial charge on any atom is 0.306 e. The lowest BCUT2D eigenvalue weighted by atomic mass is 10.0. The van der Waals surface area contributed by atoms with Gasteiger partial charge in [-0.2, -0.15) is 0 Å². The average Bonchev–Trinajstić information content (AvgIpc) is 3.44. The summed E-state index contributed by atoms with van der Waals surface area (Å²) in [5.74, 6) is -0.548. The van der Waals surface area contributed by atoms with Crippen LogP contribution in [0.3, 0.4) is 0 Å². The van der Waals surface area contributed by atoms with E-state index in [4.69, 9.17) is 13.8 Å². The maximum absolute atomic E-state index is 13.6. The Hall–Kier alpha value is -2.55. The second kappa shape index (κ2) is 60.6. The van der Waals surface area contributed by atoms with Crippen LogP contribution in [0.15, 0.2) is 72.9 Å². The van der Waals surface area contributed by atoms with Crippen molar-refractivity contribution in [3.05, 3.63) is 72.9 Å². The van der Waals surface area contributed by atoms with E-state index in [0.717, 1.165) is 89.9 Å². The van der Waals surface area contributed by atoms with Crippen molar-refractivity contribution in [1.82, 2.24) is 5.32 Å². The van der Waals surface area contributed by atoms with Gasteiger partial charge in [0.2, 0.25) is 5.91 Å². The molecule has 81 heavy (non-hydrogen) atoms. The summed E-state index contributed by atoms with van der Waals surface area (Å²) >= 11 is 0. The molecule has 0 aliphatic carbocycles. The van der Waals surface area contributed by atoms with E-state index in [9.17, 15) is 19.0 Å². The quantitative estimate of drug-likeness (QED) is 0.0161. The Morgan fingerprint density at radius 1 is 0.444 bits per heavy atom. The van der Waals surface area contributed by atoms with Gasteiger partial charge in [0, 0.05) is 12.8 Å². The Labute approximate surface area is 502 Å². The van der Waals surface area contributed by atoms with Crippen molar-refractivity contribution < 1.29 is 37.3 Å². The number of phosphoric acid groups is 1. The molecule has 0 aliphatic heterocycles. The number of ether oxygens (including phenoxy) is 1. The van der Waals surface area contributed by atoms with Crippen LogP contribution in [-0.2, 0) is 27.9 Å². The van der Waals surface area contributed by atoms with Crippen molar-refractivity contribution >= 4 is 19.7 Å². The second-order valence-corrected chi connectivity index (χ2v) is 25.8. The summed E-state index contributed by atoms with van der Waals surface area (Å²) in [7, 11) is 1.18. The Bertz CT molecular complexity index is 1620. The highest BCUT2D eigenvalue weighted by molar-refractivity contribution is 7.45. The molecule has 0 rings (SSSR count). The van der Waals surface area contributed by atoms with Crippen molar-refractivity contribution in [1.29, 1.82) is 0 Å². The molecular formula is C71H131N2O7P. The number of carbonyl (C=O) groups excluding carboxylic acids is 2. The molecule has 0 aromatic carbocycles. The minimum Gasteiger partial charge on any atom is -0.756 e. The standard InChI is InChI=1S/C71H131N2O7P/c1-7-10-13-16-19-22-25-28-30-31-32-33-34-35-36-37-38-39-40-41-43-45-48-51-54-57-60-63-70(74)72-68(67-79-81(76,77)78-66-65-73(4,5)6)69(62-59-56-53-50-47-44-27-24-21-18-15-12-9-3)80-71(75)64-61-58-55-52-49-46-42-29-26-23-20-17-14-11-8-2/h19-20,22-23,26,28-30,32-33,59,62,68-69H,7-18,21,24-25,27,31,34-58,60-61,63-67H2,1-6H3,(H-,72,74,76,77)/b22-19-,23-20+,29-26+,30-28-,33-32-,62-59-. The molecular weight excluding hydrogens is 1020 g/mol. The Balaban J connectivity index is 5.07. The Morgan fingerprint density at radius 2 is 0.790 bits per heavy atom. The number of hydrogen-bond donors (Lipinski definition) is 1. The number of quaternary nitrogens is 1. The molecule has 0 saturated carbocycles. The number of likely N-dealkylation sites (N-methyl/N-ethyl adjacent to an activating group) is 1. The van der Waals surface area contributed by atoms with Crippen molar-refractivity contribution in [3.8, 4) is 0 Å². The number of carbonyl (C=O) groups is 2. The van der Waals surface area contributed by atoms with Gasteiger partial charge in [-0.3, -0.25) is 14.2 Å². The van der Waals surface area contributed by atoms with Gasteiger partial charge in [0.05, 0.1) is 33.8 Å². The van der Waals surface area contributed by atoms with Gasteiger partial charge in [0.25, 0.3) is 7.82 Å². The van der Waals surface area contributed by atoms with Gasteiger partial charge in [-0.1, -0.05) is 280 Å². The van der Waals surface area contributed by atoms with Crippen LogP contribution in [0.4, 0.5) is 0 Å². The zero-order chi connectivity index (χ0) is 59.3. The number of phosphoric ester groups is 1. The van der Waals surface area contributed by atoms with E-state index in [2.05, 4.69) is 86.8 Å². The zero-order valence-electron chi connectivity index (χ0n) is 54.0. The number of unbranched alkanes of at least 4 members (excludes halogenated alkanes) is 37. The smallest absolute Gasteiger partial charge is 0.306 e. The third kappa shape index (κ3) is 61.8. The van der Waals surface area contributed by atoms with Gasteiger partial charge in [0.15, 0.2) is 0 Å². The Kier molecular flexibility index (Phi) is 58.7. The summed E-state index contributed by atoms with van der Waals surface area (Å²) in [4.78, 5) is 40.1. The van der Waals surface area contributed by atoms with Gasteiger partial charge in [0.1, 0.15) is 19.3 Å². The SMILES string of the molecule is CCCCC/C=C\C/C=C\C/C=C\CCCCCCCCCCCCCCCCC(=O)NC(COP(=O)([O-])OCC[N+](C)(C)C)C(/C=C\CCCCCCCCCCCCC)OC(=O)CCCCCCCC/C=C/C=C/CCCCC. The van der Waals surface area contributed by atoms with Gasteiger partial charge in [-0.05, 0) is 96.0 Å². The predicted molar refractivity (Wildman–Crippen MR) is 348 cm³/mol. The molecule has 0 radical (unpaired) electrons. The molecule has 1 amide bonds. The molecule has 9 nitrogen and oxygen atoms in total. The molecule has 0 saturated heterocycles.